The molecule has 0 spiro atoms. The first-order chi connectivity index (χ1) is 14.4. The first-order valence-electron chi connectivity index (χ1n) is 8.77. The van der Waals surface area contributed by atoms with Gasteiger partial charge in [0.05, 0.1) is 32.5 Å². The van der Waals surface area contributed by atoms with Crippen molar-refractivity contribution >= 4 is 40.7 Å². The minimum absolute atomic E-state index is 0.0464. The number of hydrogen-bond donors (Lipinski definition) is 2. The van der Waals surface area contributed by atoms with E-state index < -0.39 is 17.1 Å². The Balaban J connectivity index is 1.89. The number of phenols is 1. The molecule has 0 bridgehead atoms. The number of benzene rings is 2. The summed E-state index contributed by atoms with van der Waals surface area (Å²) < 4.78 is 10.4. The SMILES string of the molecule is COc1ccc(/C=N\N=C2\S[C@H](CC(=O)O)C(=O)N2c2ccc(O)cc2)cc1OC. The highest BCUT2D eigenvalue weighted by atomic mass is 32.2. The van der Waals surface area contributed by atoms with Crippen molar-refractivity contribution < 1.29 is 29.3 Å². The molecule has 1 atom stereocenters. The van der Waals surface area contributed by atoms with E-state index in [1.54, 1.807) is 30.3 Å². The number of carbonyl (C=O) groups is 2. The number of aliphatic carboxylic acids is 1. The van der Waals surface area contributed by atoms with Crippen molar-refractivity contribution in [2.45, 2.75) is 11.7 Å². The number of anilines is 1. The lowest BCUT2D eigenvalue weighted by Crippen LogP contribution is -2.32. The zero-order valence-electron chi connectivity index (χ0n) is 16.2. The molecule has 0 radical (unpaired) electrons. The van der Waals surface area contributed by atoms with Crippen molar-refractivity contribution in [3.8, 4) is 17.2 Å². The fourth-order valence-corrected chi connectivity index (χ4v) is 3.82. The maximum atomic E-state index is 12.7. The van der Waals surface area contributed by atoms with E-state index in [0.717, 1.165) is 11.8 Å². The molecule has 1 amide bonds. The Labute approximate surface area is 176 Å². The predicted octanol–water partition coefficient (Wildman–Crippen LogP) is 2.72. The van der Waals surface area contributed by atoms with Crippen molar-refractivity contribution in [2.24, 2.45) is 10.2 Å². The highest BCUT2D eigenvalue weighted by Gasteiger charge is 2.40. The van der Waals surface area contributed by atoms with Gasteiger partial charge in [-0.3, -0.25) is 14.5 Å². The quantitative estimate of drug-likeness (QED) is 0.513. The Morgan fingerprint density at radius 1 is 1.17 bits per heavy atom. The lowest BCUT2D eigenvalue weighted by molar-refractivity contribution is -0.138. The largest absolute Gasteiger partial charge is 0.508 e. The van der Waals surface area contributed by atoms with Crippen molar-refractivity contribution in [3.05, 3.63) is 48.0 Å². The van der Waals surface area contributed by atoms with Gasteiger partial charge in [-0.15, -0.1) is 5.10 Å². The zero-order chi connectivity index (χ0) is 21.7. The van der Waals surface area contributed by atoms with Gasteiger partial charge >= 0.3 is 5.97 Å². The number of methoxy groups -OCH3 is 2. The number of hydrogen-bond acceptors (Lipinski definition) is 8. The number of ether oxygens (including phenoxy) is 2. The van der Waals surface area contributed by atoms with Crippen LogP contribution in [-0.4, -0.2) is 52.9 Å². The molecule has 1 fully saturated rings. The number of nitrogens with zero attached hydrogens (tertiary/aromatic N) is 3. The van der Waals surface area contributed by atoms with Crippen LogP contribution in [-0.2, 0) is 9.59 Å². The number of amides is 1. The Kier molecular flexibility index (Phi) is 6.58. The first-order valence-corrected chi connectivity index (χ1v) is 9.65. The monoisotopic (exact) mass is 429 g/mol. The van der Waals surface area contributed by atoms with E-state index in [2.05, 4.69) is 10.2 Å². The average molecular weight is 429 g/mol. The second-order valence-corrected chi connectivity index (χ2v) is 7.31. The molecule has 9 nitrogen and oxygen atoms in total. The minimum Gasteiger partial charge on any atom is -0.508 e. The van der Waals surface area contributed by atoms with E-state index in [4.69, 9.17) is 14.6 Å². The van der Waals surface area contributed by atoms with Crippen LogP contribution in [0.1, 0.15) is 12.0 Å². The lowest BCUT2D eigenvalue weighted by Gasteiger charge is -2.15. The highest BCUT2D eigenvalue weighted by Crippen LogP contribution is 2.34. The number of thioether (sulfide) groups is 1. The van der Waals surface area contributed by atoms with Crippen LogP contribution in [0.3, 0.4) is 0 Å². The first kappa shape index (κ1) is 21.2. The smallest absolute Gasteiger partial charge is 0.305 e. The van der Waals surface area contributed by atoms with Gasteiger partial charge in [-0.05, 0) is 48.0 Å². The maximum absolute atomic E-state index is 12.7. The van der Waals surface area contributed by atoms with Crippen molar-refractivity contribution in [3.63, 3.8) is 0 Å². The van der Waals surface area contributed by atoms with Crippen LogP contribution in [0.2, 0.25) is 0 Å². The van der Waals surface area contributed by atoms with E-state index in [-0.39, 0.29) is 17.3 Å². The summed E-state index contributed by atoms with van der Waals surface area (Å²) in [7, 11) is 3.06. The van der Waals surface area contributed by atoms with Gasteiger partial charge in [-0.25, -0.2) is 0 Å². The summed E-state index contributed by atoms with van der Waals surface area (Å²) >= 11 is 1.03. The van der Waals surface area contributed by atoms with Crippen LogP contribution in [0, 0.1) is 0 Å². The van der Waals surface area contributed by atoms with E-state index in [0.29, 0.717) is 22.7 Å². The standard InChI is InChI=1S/C20H19N3O6S/c1-28-15-8-3-12(9-16(15)29-2)11-21-22-20-23(13-4-6-14(24)7-5-13)19(27)17(30-20)10-18(25)26/h3-9,11,17,24H,10H2,1-2H3,(H,25,26)/b21-11-,22-20+/t17-/m1/s1. The summed E-state index contributed by atoms with van der Waals surface area (Å²) in [5.41, 5.74) is 1.16. The van der Waals surface area contributed by atoms with Gasteiger partial charge in [0.15, 0.2) is 16.7 Å². The second kappa shape index (κ2) is 9.31. The van der Waals surface area contributed by atoms with Crippen LogP contribution >= 0.6 is 11.8 Å². The van der Waals surface area contributed by atoms with Gasteiger partial charge in [0, 0.05) is 0 Å². The van der Waals surface area contributed by atoms with Crippen LogP contribution in [0.4, 0.5) is 5.69 Å². The normalized spacial score (nSPS) is 17.7. The summed E-state index contributed by atoms with van der Waals surface area (Å²) in [5.74, 6) is -0.334. The molecule has 10 heteroatoms. The molecule has 1 heterocycles. The molecule has 0 aliphatic carbocycles. The molecule has 30 heavy (non-hydrogen) atoms. The second-order valence-electron chi connectivity index (χ2n) is 6.14. The summed E-state index contributed by atoms with van der Waals surface area (Å²) in [6.45, 7) is 0. The molecule has 0 saturated carbocycles. The Morgan fingerprint density at radius 2 is 1.87 bits per heavy atom. The molecule has 1 aliphatic heterocycles. The molecule has 0 aromatic heterocycles. The summed E-state index contributed by atoms with van der Waals surface area (Å²) in [5, 5.41) is 26.2. The van der Waals surface area contributed by atoms with Crippen LogP contribution in [0.5, 0.6) is 17.2 Å². The number of carboxylic acid groups (broad SMARTS) is 1. The topological polar surface area (TPSA) is 121 Å². The van der Waals surface area contributed by atoms with E-state index >= 15 is 0 Å². The molecule has 3 rings (SSSR count). The molecular weight excluding hydrogens is 410 g/mol. The van der Waals surface area contributed by atoms with Gasteiger partial charge in [-0.2, -0.15) is 5.10 Å². The Bertz CT molecular complexity index is 1010. The maximum Gasteiger partial charge on any atom is 0.305 e. The number of carboxylic acids is 1. The van der Waals surface area contributed by atoms with Gasteiger partial charge in [0.1, 0.15) is 11.0 Å². The highest BCUT2D eigenvalue weighted by molar-refractivity contribution is 8.16. The summed E-state index contributed by atoms with van der Waals surface area (Å²) in [6, 6.07) is 11.2. The van der Waals surface area contributed by atoms with Gasteiger partial charge in [0.25, 0.3) is 0 Å². The summed E-state index contributed by atoms with van der Waals surface area (Å²) in [4.78, 5) is 25.1. The van der Waals surface area contributed by atoms with Gasteiger partial charge in [0.2, 0.25) is 5.91 Å². The van der Waals surface area contributed by atoms with E-state index in [9.17, 15) is 14.7 Å². The number of amidine groups is 1. The van der Waals surface area contributed by atoms with E-state index in [1.807, 2.05) is 0 Å². The third-order valence-corrected chi connectivity index (χ3v) is 5.29. The molecule has 1 aliphatic rings. The average Bonchev–Trinajstić information content (AvgIpc) is 3.03. The predicted molar refractivity (Wildman–Crippen MR) is 114 cm³/mol. The molecule has 2 aromatic carbocycles. The number of phenolic OH excluding ortho intramolecular Hbond substituents is 1. The van der Waals surface area contributed by atoms with Crippen LogP contribution in [0.25, 0.3) is 0 Å². The van der Waals surface area contributed by atoms with Crippen LogP contribution < -0.4 is 14.4 Å². The Hall–Kier alpha value is -3.53. The third-order valence-electron chi connectivity index (χ3n) is 4.16. The molecule has 2 aromatic rings. The van der Waals surface area contributed by atoms with Gasteiger partial charge in [-0.1, -0.05) is 11.8 Å². The lowest BCUT2D eigenvalue weighted by atomic mass is 10.2. The van der Waals surface area contributed by atoms with Crippen molar-refractivity contribution in [2.75, 3.05) is 19.1 Å². The van der Waals surface area contributed by atoms with Crippen LogP contribution in [0.15, 0.2) is 52.7 Å². The Morgan fingerprint density at radius 3 is 2.50 bits per heavy atom. The van der Waals surface area contributed by atoms with Crippen molar-refractivity contribution in [1.29, 1.82) is 0 Å². The minimum atomic E-state index is -1.08. The van der Waals surface area contributed by atoms with Gasteiger partial charge < -0.3 is 19.7 Å². The number of aromatic hydroxyl groups is 1. The molecule has 0 unspecified atom stereocenters. The van der Waals surface area contributed by atoms with Crippen molar-refractivity contribution in [1.82, 2.24) is 0 Å². The zero-order valence-corrected chi connectivity index (χ0v) is 17.0. The number of carbonyl (C=O) groups excluding carboxylic acids is 1. The molecule has 2 N–H and O–H groups in total. The van der Waals surface area contributed by atoms with E-state index in [1.165, 1.54) is 37.5 Å². The fraction of sp³-hybridized carbons (Fsp3) is 0.200. The third kappa shape index (κ3) is 4.71. The number of rotatable bonds is 7. The molecular formula is C20H19N3O6S. The molecule has 1 saturated heterocycles. The fourth-order valence-electron chi connectivity index (χ4n) is 2.74. The summed E-state index contributed by atoms with van der Waals surface area (Å²) in [6.07, 6.45) is 1.15. The molecule has 156 valence electrons.